The number of halogens is 1. The van der Waals surface area contributed by atoms with Crippen molar-refractivity contribution in [1.82, 2.24) is 30.2 Å². The second kappa shape index (κ2) is 13.7. The molecule has 9 nitrogen and oxygen atoms in total. The summed E-state index contributed by atoms with van der Waals surface area (Å²) >= 11 is 6.29. The lowest BCUT2D eigenvalue weighted by Gasteiger charge is -2.56. The minimum atomic E-state index is -0.318. The molecule has 0 atom stereocenters. The van der Waals surface area contributed by atoms with E-state index in [9.17, 15) is 5.26 Å². The van der Waals surface area contributed by atoms with E-state index in [1.165, 1.54) is 51.9 Å². The number of nitrogens with one attached hydrogen (secondary N) is 1. The van der Waals surface area contributed by atoms with Crippen LogP contribution in [-0.4, -0.2) is 96.4 Å². The summed E-state index contributed by atoms with van der Waals surface area (Å²) in [6.07, 6.45) is 7.42. The molecule has 248 valence electrons. The summed E-state index contributed by atoms with van der Waals surface area (Å²) in [6.45, 7) is 15.6. The van der Waals surface area contributed by atoms with Crippen LogP contribution >= 0.6 is 11.6 Å². The van der Waals surface area contributed by atoms with Crippen molar-refractivity contribution in [3.8, 4) is 11.8 Å². The zero-order chi connectivity index (χ0) is 32.4. The molecule has 1 aromatic heterocycles. The predicted octanol–water partition coefficient (Wildman–Crippen LogP) is 5.09. The van der Waals surface area contributed by atoms with Gasteiger partial charge in [0.15, 0.2) is 0 Å². The first-order valence-electron chi connectivity index (χ1n) is 17.3. The van der Waals surface area contributed by atoms with Gasteiger partial charge in [-0.15, -0.1) is 0 Å². The van der Waals surface area contributed by atoms with Crippen LogP contribution in [-0.2, 0) is 12.0 Å². The van der Waals surface area contributed by atoms with Gasteiger partial charge in [0.2, 0.25) is 5.95 Å². The Morgan fingerprint density at radius 1 is 0.915 bits per heavy atom. The summed E-state index contributed by atoms with van der Waals surface area (Å²) in [4.78, 5) is 14.5. The Morgan fingerprint density at radius 2 is 1.60 bits per heavy atom. The molecule has 0 radical (unpaired) electrons. The molecule has 7 rings (SSSR count). The summed E-state index contributed by atoms with van der Waals surface area (Å²) in [5.41, 5.74) is 3.88. The SMILES string of the molecule is CC(C)(c1ccc(OCc2ccnc(N3CCN(N4CCN(C5CC6(CCNCC6)C5)CC4)CC3)n2)cc1)c1cc(Cl)cc(C#N)c1. The normalized spacial score (nSPS) is 21.4. The Hall–Kier alpha value is -3.26. The third kappa shape index (κ3) is 7.13. The molecule has 1 aliphatic carbocycles. The number of anilines is 1. The molecule has 0 amide bonds. The van der Waals surface area contributed by atoms with Crippen molar-refractivity contribution < 1.29 is 4.74 Å². The molecule has 0 unspecified atom stereocenters. The van der Waals surface area contributed by atoms with Gasteiger partial charge in [-0.25, -0.2) is 20.0 Å². The quantitative estimate of drug-likeness (QED) is 0.357. The lowest BCUT2D eigenvalue weighted by Crippen LogP contribution is -2.62. The number of rotatable bonds is 8. The highest BCUT2D eigenvalue weighted by atomic mass is 35.5. The van der Waals surface area contributed by atoms with Crippen molar-refractivity contribution in [2.24, 2.45) is 5.41 Å². The van der Waals surface area contributed by atoms with Gasteiger partial charge in [-0.3, -0.25) is 4.90 Å². The topological polar surface area (TPSA) is 83.8 Å². The molecule has 1 N–H and O–H groups in total. The van der Waals surface area contributed by atoms with Crippen LogP contribution in [0, 0.1) is 16.7 Å². The molecule has 0 bridgehead atoms. The van der Waals surface area contributed by atoms with Gasteiger partial charge in [-0.1, -0.05) is 37.6 Å². The largest absolute Gasteiger partial charge is 0.487 e. The smallest absolute Gasteiger partial charge is 0.225 e. The molecule has 3 aromatic rings. The molecule has 10 heteroatoms. The molecule has 3 saturated heterocycles. The average molecular weight is 655 g/mol. The molecule has 1 spiro atoms. The minimum Gasteiger partial charge on any atom is -0.487 e. The summed E-state index contributed by atoms with van der Waals surface area (Å²) in [6, 6.07) is 18.6. The molecule has 3 aliphatic heterocycles. The summed E-state index contributed by atoms with van der Waals surface area (Å²) in [7, 11) is 0. The van der Waals surface area contributed by atoms with Crippen LogP contribution < -0.4 is 15.0 Å². The van der Waals surface area contributed by atoms with E-state index in [1.54, 1.807) is 6.07 Å². The average Bonchev–Trinajstić information content (AvgIpc) is 3.10. The van der Waals surface area contributed by atoms with Crippen LogP contribution in [0.5, 0.6) is 5.75 Å². The highest BCUT2D eigenvalue weighted by molar-refractivity contribution is 6.30. The van der Waals surface area contributed by atoms with E-state index >= 15 is 0 Å². The molecule has 4 heterocycles. The minimum absolute atomic E-state index is 0.318. The Labute approximate surface area is 284 Å². The van der Waals surface area contributed by atoms with Crippen molar-refractivity contribution in [1.29, 1.82) is 5.26 Å². The second-order valence-electron chi connectivity index (χ2n) is 14.4. The maximum atomic E-state index is 9.38. The van der Waals surface area contributed by atoms with Crippen molar-refractivity contribution >= 4 is 17.5 Å². The number of hydrogen-bond acceptors (Lipinski definition) is 9. The van der Waals surface area contributed by atoms with Gasteiger partial charge in [0, 0.05) is 75.0 Å². The highest BCUT2D eigenvalue weighted by Crippen LogP contribution is 2.50. The maximum absolute atomic E-state index is 9.38. The number of ether oxygens (including phenoxy) is 1. The van der Waals surface area contributed by atoms with Gasteiger partial charge in [-0.2, -0.15) is 5.26 Å². The van der Waals surface area contributed by atoms with E-state index in [1.807, 2.05) is 36.5 Å². The van der Waals surface area contributed by atoms with Gasteiger partial charge in [-0.05, 0) is 91.7 Å². The highest BCUT2D eigenvalue weighted by Gasteiger charge is 2.47. The molecule has 4 fully saturated rings. The van der Waals surface area contributed by atoms with Gasteiger partial charge >= 0.3 is 0 Å². The van der Waals surface area contributed by atoms with E-state index in [0.29, 0.717) is 22.6 Å². The first-order valence-corrected chi connectivity index (χ1v) is 17.6. The number of hydrazine groups is 1. The van der Waals surface area contributed by atoms with Crippen molar-refractivity contribution in [3.63, 3.8) is 0 Å². The van der Waals surface area contributed by atoms with Crippen LogP contribution in [0.1, 0.15) is 61.9 Å². The van der Waals surface area contributed by atoms with E-state index in [-0.39, 0.29) is 5.41 Å². The number of hydrogen-bond donors (Lipinski definition) is 1. The number of piperazine rings is 2. The van der Waals surface area contributed by atoms with E-state index < -0.39 is 0 Å². The van der Waals surface area contributed by atoms with Crippen molar-refractivity contribution in [2.75, 3.05) is 70.3 Å². The van der Waals surface area contributed by atoms with Crippen molar-refractivity contribution in [2.45, 2.75) is 57.6 Å². The van der Waals surface area contributed by atoms with E-state index in [0.717, 1.165) is 73.8 Å². The first-order chi connectivity index (χ1) is 22.8. The molecule has 4 aliphatic rings. The number of nitrogens with zero attached hydrogens (tertiary/aromatic N) is 7. The number of benzene rings is 2. The fraction of sp³-hybridized carbons (Fsp3) is 0.541. The Bertz CT molecular complexity index is 1560. The number of nitriles is 1. The van der Waals surface area contributed by atoms with E-state index in [2.05, 4.69) is 62.2 Å². The maximum Gasteiger partial charge on any atom is 0.225 e. The van der Waals surface area contributed by atoms with Gasteiger partial charge in [0.25, 0.3) is 0 Å². The van der Waals surface area contributed by atoms with Gasteiger partial charge < -0.3 is 15.0 Å². The van der Waals surface area contributed by atoms with Gasteiger partial charge in [0.05, 0.1) is 17.3 Å². The fourth-order valence-corrected chi connectivity index (χ4v) is 8.26. The number of aromatic nitrogens is 2. The predicted molar refractivity (Wildman–Crippen MR) is 186 cm³/mol. The molecule has 1 saturated carbocycles. The van der Waals surface area contributed by atoms with Crippen LogP contribution in [0.3, 0.4) is 0 Å². The molecule has 47 heavy (non-hydrogen) atoms. The van der Waals surface area contributed by atoms with Crippen LogP contribution in [0.2, 0.25) is 5.02 Å². The summed E-state index contributed by atoms with van der Waals surface area (Å²) in [5.74, 6) is 1.56. The molecular weight excluding hydrogens is 608 g/mol. The zero-order valence-corrected chi connectivity index (χ0v) is 28.6. The van der Waals surface area contributed by atoms with Crippen LogP contribution in [0.25, 0.3) is 0 Å². The molecule has 2 aromatic carbocycles. The lowest BCUT2D eigenvalue weighted by atomic mass is 9.60. The van der Waals surface area contributed by atoms with Crippen LogP contribution in [0.15, 0.2) is 54.7 Å². The standard InChI is InChI=1S/C37H47ClN8O/c1-36(2,30-21-28(26-39)22-31(38)23-30)29-3-5-34(6-4-29)47-27-32-7-10-41-35(42-32)44-15-19-46(20-16-44)45-17-13-43(14-18-45)33-24-37(25-33)8-11-40-12-9-37/h3-7,10,21-23,33,40H,8-9,11-20,24-25,27H2,1-2H3. The zero-order valence-electron chi connectivity index (χ0n) is 27.8. The first kappa shape index (κ1) is 32.3. The Balaban J connectivity index is 0.874. The lowest BCUT2D eigenvalue weighted by molar-refractivity contribution is -0.0929. The van der Waals surface area contributed by atoms with Crippen molar-refractivity contribution in [3.05, 3.63) is 82.1 Å². The third-order valence-electron chi connectivity index (χ3n) is 11.2. The monoisotopic (exact) mass is 654 g/mol. The third-order valence-corrected chi connectivity index (χ3v) is 11.4. The molecular formula is C37H47ClN8O. The Kier molecular flexibility index (Phi) is 9.41. The summed E-state index contributed by atoms with van der Waals surface area (Å²) < 4.78 is 6.14. The fourth-order valence-electron chi connectivity index (χ4n) is 8.03. The summed E-state index contributed by atoms with van der Waals surface area (Å²) in [5, 5.41) is 18.6. The van der Waals surface area contributed by atoms with E-state index in [4.69, 9.17) is 21.3 Å². The second-order valence-corrected chi connectivity index (χ2v) is 14.8. The Morgan fingerprint density at radius 3 is 2.28 bits per heavy atom. The van der Waals surface area contributed by atoms with Gasteiger partial charge in [0.1, 0.15) is 12.4 Å². The number of piperidine rings is 1. The van der Waals surface area contributed by atoms with Crippen LogP contribution in [0.4, 0.5) is 5.95 Å².